The van der Waals surface area contributed by atoms with E-state index in [4.69, 9.17) is 0 Å². The van der Waals surface area contributed by atoms with E-state index in [9.17, 15) is 9.59 Å². The highest BCUT2D eigenvalue weighted by Crippen LogP contribution is 2.18. The summed E-state index contributed by atoms with van der Waals surface area (Å²) in [5.74, 6) is 0.230. The number of carbonyl (C=O) groups is 1. The number of carbonyl (C=O) groups excluding carboxylic acids is 1. The van der Waals surface area contributed by atoms with E-state index in [-0.39, 0.29) is 23.3 Å². The first kappa shape index (κ1) is 18.6. The van der Waals surface area contributed by atoms with Gasteiger partial charge in [-0.2, -0.15) is 0 Å². The zero-order valence-electron chi connectivity index (χ0n) is 14.8. The summed E-state index contributed by atoms with van der Waals surface area (Å²) in [4.78, 5) is 32.4. The van der Waals surface area contributed by atoms with Gasteiger partial charge < -0.3 is 10.3 Å². The van der Waals surface area contributed by atoms with Gasteiger partial charge in [0, 0.05) is 18.3 Å². The fraction of sp³-hybridized carbons (Fsp3) is 0.588. The standard InChI is InChI=1S/C17H26N4O2S/c1-5-7-8-21-16(23)15-13(9-12(4)19-15)20-17(21)24-10-14(22)18-11(3)6-2/h9,11,19H,5-8,10H2,1-4H3,(H,18,22)/t11-/m1/s1. The number of unbranched alkanes of at least 4 members (excludes halogenated alkanes) is 1. The number of thioether (sulfide) groups is 1. The molecule has 2 heterocycles. The molecule has 0 saturated carbocycles. The maximum Gasteiger partial charge on any atom is 0.278 e. The zero-order chi connectivity index (χ0) is 17.7. The van der Waals surface area contributed by atoms with E-state index < -0.39 is 0 Å². The van der Waals surface area contributed by atoms with Gasteiger partial charge in [-0.3, -0.25) is 14.2 Å². The van der Waals surface area contributed by atoms with Gasteiger partial charge >= 0.3 is 0 Å². The minimum Gasteiger partial charge on any atom is -0.353 e. The van der Waals surface area contributed by atoms with Gasteiger partial charge in [-0.05, 0) is 32.8 Å². The largest absolute Gasteiger partial charge is 0.353 e. The lowest BCUT2D eigenvalue weighted by Gasteiger charge is -2.13. The summed E-state index contributed by atoms with van der Waals surface area (Å²) in [5, 5.41) is 3.55. The van der Waals surface area contributed by atoms with Crippen LogP contribution in [0, 0.1) is 6.92 Å². The van der Waals surface area contributed by atoms with Crippen LogP contribution >= 0.6 is 11.8 Å². The number of rotatable bonds is 8. The second kappa shape index (κ2) is 8.37. The van der Waals surface area contributed by atoms with Crippen molar-refractivity contribution >= 4 is 28.7 Å². The first-order chi connectivity index (χ1) is 11.5. The summed E-state index contributed by atoms with van der Waals surface area (Å²) in [6.07, 6.45) is 2.79. The number of H-pyrrole nitrogens is 1. The Balaban J connectivity index is 2.26. The Morgan fingerprint density at radius 1 is 1.46 bits per heavy atom. The summed E-state index contributed by atoms with van der Waals surface area (Å²) in [5.41, 5.74) is 2.05. The smallest absolute Gasteiger partial charge is 0.278 e. The molecule has 132 valence electrons. The van der Waals surface area contributed by atoms with Gasteiger partial charge in [-0.15, -0.1) is 0 Å². The Bertz CT molecular complexity index is 766. The highest BCUT2D eigenvalue weighted by Gasteiger charge is 2.15. The average molecular weight is 350 g/mol. The third kappa shape index (κ3) is 4.41. The molecule has 0 aliphatic heterocycles. The van der Waals surface area contributed by atoms with Crippen molar-refractivity contribution < 1.29 is 4.79 Å². The van der Waals surface area contributed by atoms with E-state index in [1.54, 1.807) is 4.57 Å². The monoisotopic (exact) mass is 350 g/mol. The highest BCUT2D eigenvalue weighted by molar-refractivity contribution is 7.99. The second-order valence-corrected chi connectivity index (χ2v) is 7.03. The van der Waals surface area contributed by atoms with Crippen LogP contribution in [-0.4, -0.2) is 32.2 Å². The molecule has 0 spiro atoms. The Hall–Kier alpha value is -1.76. The fourth-order valence-corrected chi connectivity index (χ4v) is 3.22. The summed E-state index contributed by atoms with van der Waals surface area (Å²) in [7, 11) is 0. The first-order valence-corrected chi connectivity index (χ1v) is 9.47. The Morgan fingerprint density at radius 3 is 2.88 bits per heavy atom. The van der Waals surface area contributed by atoms with Crippen molar-refractivity contribution in [3.05, 3.63) is 22.1 Å². The third-order valence-electron chi connectivity index (χ3n) is 3.92. The first-order valence-electron chi connectivity index (χ1n) is 8.48. The topological polar surface area (TPSA) is 79.8 Å². The molecule has 0 saturated heterocycles. The molecule has 2 aromatic heterocycles. The fourth-order valence-electron chi connectivity index (χ4n) is 2.38. The van der Waals surface area contributed by atoms with Gasteiger partial charge in [-0.1, -0.05) is 32.0 Å². The van der Waals surface area contributed by atoms with E-state index in [0.29, 0.717) is 22.7 Å². The number of aromatic nitrogens is 3. The molecule has 2 aromatic rings. The van der Waals surface area contributed by atoms with Crippen LogP contribution in [0.1, 0.15) is 45.7 Å². The number of aryl methyl sites for hydroxylation is 1. The van der Waals surface area contributed by atoms with Crippen molar-refractivity contribution in [2.45, 2.75) is 64.7 Å². The molecule has 0 fully saturated rings. The van der Waals surface area contributed by atoms with Gasteiger partial charge in [0.25, 0.3) is 5.56 Å². The maximum atomic E-state index is 12.7. The highest BCUT2D eigenvalue weighted by atomic mass is 32.2. The molecule has 0 aliphatic rings. The average Bonchev–Trinajstić information content (AvgIpc) is 2.92. The van der Waals surface area contributed by atoms with Crippen molar-refractivity contribution in [3.63, 3.8) is 0 Å². The van der Waals surface area contributed by atoms with E-state index in [0.717, 1.165) is 25.0 Å². The number of amides is 1. The summed E-state index contributed by atoms with van der Waals surface area (Å²) >= 11 is 1.32. The number of hydrogen-bond donors (Lipinski definition) is 2. The minimum atomic E-state index is -0.0635. The molecule has 2 N–H and O–H groups in total. The van der Waals surface area contributed by atoms with Crippen molar-refractivity contribution in [1.82, 2.24) is 19.9 Å². The molecule has 0 aromatic carbocycles. The molecule has 1 amide bonds. The molecule has 0 unspecified atom stereocenters. The van der Waals surface area contributed by atoms with Gasteiger partial charge in [0.15, 0.2) is 5.16 Å². The Labute approximate surface area is 146 Å². The van der Waals surface area contributed by atoms with Crippen molar-refractivity contribution in [3.8, 4) is 0 Å². The molecule has 6 nitrogen and oxygen atoms in total. The van der Waals surface area contributed by atoms with Crippen LogP contribution in [0.25, 0.3) is 11.0 Å². The van der Waals surface area contributed by atoms with Crippen LogP contribution in [0.3, 0.4) is 0 Å². The van der Waals surface area contributed by atoms with Crippen LogP contribution < -0.4 is 10.9 Å². The van der Waals surface area contributed by atoms with Crippen LogP contribution in [0.5, 0.6) is 0 Å². The van der Waals surface area contributed by atoms with Crippen molar-refractivity contribution in [2.75, 3.05) is 5.75 Å². The number of nitrogens with zero attached hydrogens (tertiary/aromatic N) is 2. The quantitative estimate of drug-likeness (QED) is 0.567. The maximum absolute atomic E-state index is 12.7. The molecule has 0 aliphatic carbocycles. The summed E-state index contributed by atoms with van der Waals surface area (Å²) in [6, 6.07) is 2.02. The number of fused-ring (bicyclic) bond motifs is 1. The molecule has 7 heteroatoms. The molecule has 1 atom stereocenters. The number of hydrogen-bond acceptors (Lipinski definition) is 4. The van der Waals surface area contributed by atoms with Gasteiger partial charge in [0.05, 0.1) is 11.3 Å². The number of aromatic amines is 1. The predicted octanol–water partition coefficient (Wildman–Crippen LogP) is 2.84. The van der Waals surface area contributed by atoms with Crippen molar-refractivity contribution in [1.29, 1.82) is 0 Å². The molecular weight excluding hydrogens is 324 g/mol. The van der Waals surface area contributed by atoms with Crippen LogP contribution in [0.4, 0.5) is 0 Å². The lowest BCUT2D eigenvalue weighted by molar-refractivity contribution is -0.119. The molecular formula is C17H26N4O2S. The van der Waals surface area contributed by atoms with Gasteiger partial charge in [-0.25, -0.2) is 4.98 Å². The second-order valence-electron chi connectivity index (χ2n) is 6.08. The normalized spacial score (nSPS) is 12.5. The van der Waals surface area contributed by atoms with E-state index in [1.165, 1.54) is 11.8 Å². The van der Waals surface area contributed by atoms with Gasteiger partial charge in [0.1, 0.15) is 5.52 Å². The minimum absolute atomic E-state index is 0.0315. The summed E-state index contributed by atoms with van der Waals surface area (Å²) in [6.45, 7) is 8.62. The Kier molecular flexibility index (Phi) is 6.48. The van der Waals surface area contributed by atoms with Crippen LogP contribution in [0.2, 0.25) is 0 Å². The van der Waals surface area contributed by atoms with Crippen LogP contribution in [-0.2, 0) is 11.3 Å². The lowest BCUT2D eigenvalue weighted by Crippen LogP contribution is -2.33. The van der Waals surface area contributed by atoms with Gasteiger partial charge in [0.2, 0.25) is 5.91 Å². The third-order valence-corrected chi connectivity index (χ3v) is 4.90. The molecule has 24 heavy (non-hydrogen) atoms. The Morgan fingerprint density at radius 2 is 2.21 bits per heavy atom. The molecule has 0 bridgehead atoms. The predicted molar refractivity (Wildman–Crippen MR) is 98.6 cm³/mol. The zero-order valence-corrected chi connectivity index (χ0v) is 15.6. The van der Waals surface area contributed by atoms with Crippen molar-refractivity contribution in [2.24, 2.45) is 0 Å². The summed E-state index contributed by atoms with van der Waals surface area (Å²) < 4.78 is 1.68. The van der Waals surface area contributed by atoms with E-state index >= 15 is 0 Å². The van der Waals surface area contributed by atoms with Crippen LogP contribution in [0.15, 0.2) is 16.0 Å². The number of nitrogens with one attached hydrogen (secondary N) is 2. The lowest BCUT2D eigenvalue weighted by atomic mass is 10.3. The van der Waals surface area contributed by atoms with E-state index in [2.05, 4.69) is 22.2 Å². The molecule has 0 radical (unpaired) electrons. The molecule has 2 rings (SSSR count). The SMILES string of the molecule is CCCCn1c(SCC(=O)N[C@H](C)CC)nc2cc(C)[nH]c2c1=O. The van der Waals surface area contributed by atoms with E-state index in [1.807, 2.05) is 26.8 Å².